The van der Waals surface area contributed by atoms with Crippen molar-refractivity contribution in [1.29, 1.82) is 0 Å². The largest absolute Gasteiger partial charge is 0.663 e. The Morgan fingerprint density at radius 2 is 2.00 bits per heavy atom. The van der Waals surface area contributed by atoms with E-state index in [-0.39, 0.29) is 32.1 Å². The molecule has 1 aromatic rings. The Balaban J connectivity index is 0.00000112. The van der Waals surface area contributed by atoms with E-state index in [9.17, 15) is 9.59 Å². The molecule has 1 amide bonds. The van der Waals surface area contributed by atoms with Crippen LogP contribution >= 0.6 is 0 Å². The predicted octanol–water partition coefficient (Wildman–Crippen LogP) is 1.44. The van der Waals surface area contributed by atoms with Crippen LogP contribution in [0.3, 0.4) is 0 Å². The molecule has 0 spiro atoms. The van der Waals surface area contributed by atoms with E-state index in [2.05, 4.69) is 4.98 Å². The van der Waals surface area contributed by atoms with E-state index in [0.717, 1.165) is 31.4 Å². The van der Waals surface area contributed by atoms with Gasteiger partial charge in [-0.2, -0.15) is 0 Å². The molecule has 1 aliphatic carbocycles. The summed E-state index contributed by atoms with van der Waals surface area (Å²) in [5, 5.41) is 0. The number of H-pyrrole nitrogens is 1. The molecule has 0 radical (unpaired) electrons. The maximum absolute atomic E-state index is 11.7. The summed E-state index contributed by atoms with van der Waals surface area (Å²) in [5.41, 5.74) is 8.27. The van der Waals surface area contributed by atoms with Gasteiger partial charge in [-0.15, -0.1) is 0 Å². The second kappa shape index (κ2) is 4.75. The first-order chi connectivity index (χ1) is 6.70. The maximum atomic E-state index is 11.7. The fourth-order valence-electron chi connectivity index (χ4n) is 1.87. The summed E-state index contributed by atoms with van der Waals surface area (Å²) in [6.45, 7) is 0. The molecule has 1 heterocycles. The van der Waals surface area contributed by atoms with E-state index in [1.54, 1.807) is 0 Å². The number of pyridine rings is 1. The fourth-order valence-corrected chi connectivity index (χ4v) is 1.87. The first-order valence-corrected chi connectivity index (χ1v) is 4.69. The van der Waals surface area contributed by atoms with Crippen molar-refractivity contribution in [1.82, 2.24) is 4.98 Å². The van der Waals surface area contributed by atoms with Gasteiger partial charge in [0.2, 0.25) is 0 Å². The zero-order valence-electron chi connectivity index (χ0n) is 8.13. The van der Waals surface area contributed by atoms with Crippen LogP contribution in [0.4, 0.5) is 0 Å². The summed E-state index contributed by atoms with van der Waals surface area (Å²) < 4.78 is 0. The van der Waals surface area contributed by atoms with Crippen LogP contribution in [-0.2, 0) is 33.9 Å². The van der Waals surface area contributed by atoms with Gasteiger partial charge in [0, 0.05) is 38.5 Å². The van der Waals surface area contributed by atoms with Crippen molar-refractivity contribution in [3.05, 3.63) is 39.0 Å². The third-order valence-corrected chi connectivity index (χ3v) is 2.62. The molecular formula is C10H11N2O2W-. The van der Waals surface area contributed by atoms with Gasteiger partial charge in [0.25, 0.3) is 0 Å². The smallest absolute Gasteiger partial charge is 0.194 e. The van der Waals surface area contributed by atoms with Crippen molar-refractivity contribution in [3.63, 3.8) is 0 Å². The molecule has 2 N–H and O–H groups in total. The van der Waals surface area contributed by atoms with Crippen LogP contribution in [0.2, 0.25) is 0 Å². The Labute approximate surface area is 102 Å². The van der Waals surface area contributed by atoms with E-state index in [1.165, 1.54) is 6.20 Å². The monoisotopic (exact) mass is 375 g/mol. The molecule has 80 valence electrons. The Morgan fingerprint density at radius 1 is 1.33 bits per heavy atom. The van der Waals surface area contributed by atoms with E-state index >= 15 is 0 Å². The average molecular weight is 375 g/mol. The number of carbonyl (C=O) groups excluding carboxylic acids is 1. The minimum absolute atomic E-state index is 0. The Kier molecular flexibility index (Phi) is 3.86. The summed E-state index contributed by atoms with van der Waals surface area (Å²) in [7, 11) is 0. The molecule has 0 unspecified atom stereocenters. The number of aryl methyl sites for hydroxylation is 1. The van der Waals surface area contributed by atoms with Gasteiger partial charge >= 0.3 is 0 Å². The van der Waals surface area contributed by atoms with Crippen molar-refractivity contribution >= 4 is 5.91 Å². The number of amides is 1. The van der Waals surface area contributed by atoms with Crippen molar-refractivity contribution in [2.75, 3.05) is 0 Å². The maximum Gasteiger partial charge on any atom is 0.194 e. The molecule has 0 saturated heterocycles. The first kappa shape index (κ1) is 12.2. The van der Waals surface area contributed by atoms with Crippen molar-refractivity contribution < 1.29 is 25.9 Å². The van der Waals surface area contributed by atoms with Gasteiger partial charge in [0.05, 0.1) is 11.5 Å². The molecule has 5 heteroatoms. The van der Waals surface area contributed by atoms with Crippen LogP contribution in [0.1, 0.15) is 34.5 Å². The molecule has 0 bridgehead atoms. The van der Waals surface area contributed by atoms with Crippen LogP contribution in [0.25, 0.3) is 5.73 Å². The normalized spacial score (nSPS) is 13.9. The number of aromatic amines is 1. The van der Waals surface area contributed by atoms with Gasteiger partial charge in [0.15, 0.2) is 5.43 Å². The second-order valence-corrected chi connectivity index (χ2v) is 3.52. The molecule has 0 atom stereocenters. The van der Waals surface area contributed by atoms with Gasteiger partial charge < -0.3 is 15.5 Å². The summed E-state index contributed by atoms with van der Waals surface area (Å²) in [5.74, 6) is -0.903. The molecule has 0 saturated carbocycles. The minimum Gasteiger partial charge on any atom is -0.663 e. The first-order valence-electron chi connectivity index (χ1n) is 4.69. The SMILES string of the molecule is [NH-]C(=O)c1c[nH]c2c(c1=O)CCCC2.[W]. The molecule has 0 fully saturated rings. The molecule has 15 heavy (non-hydrogen) atoms. The predicted molar refractivity (Wildman–Crippen MR) is 52.4 cm³/mol. The summed E-state index contributed by atoms with van der Waals surface area (Å²) in [4.78, 5) is 25.4. The van der Waals surface area contributed by atoms with Crippen molar-refractivity contribution in [2.24, 2.45) is 0 Å². The van der Waals surface area contributed by atoms with Gasteiger partial charge in [-0.1, -0.05) is 0 Å². The van der Waals surface area contributed by atoms with Gasteiger partial charge in [-0.05, 0) is 25.7 Å². The van der Waals surface area contributed by atoms with Crippen LogP contribution in [0.5, 0.6) is 0 Å². The van der Waals surface area contributed by atoms with E-state index in [1.807, 2.05) is 0 Å². The summed E-state index contributed by atoms with van der Waals surface area (Å²) in [6, 6.07) is 0. The zero-order valence-corrected chi connectivity index (χ0v) is 11.1. The number of carbonyl (C=O) groups is 1. The van der Waals surface area contributed by atoms with Gasteiger partial charge in [-0.25, -0.2) is 0 Å². The number of fused-ring (bicyclic) bond motifs is 1. The van der Waals surface area contributed by atoms with Gasteiger partial charge in [-0.3, -0.25) is 4.79 Å². The van der Waals surface area contributed by atoms with E-state index in [4.69, 9.17) is 5.73 Å². The molecule has 1 aliphatic rings. The Bertz CT molecular complexity index is 440. The molecule has 0 aromatic carbocycles. The topological polar surface area (TPSA) is 73.7 Å². The van der Waals surface area contributed by atoms with E-state index in [0.29, 0.717) is 5.56 Å². The van der Waals surface area contributed by atoms with E-state index < -0.39 is 5.91 Å². The standard InChI is InChI=1S/C10H12N2O2.W/c11-10(14)7-5-12-8-4-2-1-3-6(8)9(7)13;/h5H,1-4H2,(H3,11,12,13,14);/p-1. The third kappa shape index (κ3) is 2.20. The molecule has 0 aliphatic heterocycles. The number of nitrogens with one attached hydrogen (secondary N) is 2. The van der Waals surface area contributed by atoms with Crippen molar-refractivity contribution in [2.45, 2.75) is 25.7 Å². The molecule has 1 aromatic heterocycles. The quantitative estimate of drug-likeness (QED) is 0.807. The minimum atomic E-state index is -0.903. The number of rotatable bonds is 1. The number of hydrogen-bond acceptors (Lipinski definition) is 2. The number of hydrogen-bond donors (Lipinski definition) is 1. The van der Waals surface area contributed by atoms with Crippen molar-refractivity contribution in [3.8, 4) is 0 Å². The number of aromatic nitrogens is 1. The molecule has 2 rings (SSSR count). The average Bonchev–Trinajstić information content (AvgIpc) is 2.18. The second-order valence-electron chi connectivity index (χ2n) is 3.52. The molecule has 4 nitrogen and oxygen atoms in total. The Morgan fingerprint density at radius 3 is 2.67 bits per heavy atom. The van der Waals surface area contributed by atoms with Crippen LogP contribution in [0.15, 0.2) is 11.0 Å². The summed E-state index contributed by atoms with van der Waals surface area (Å²) in [6.07, 6.45) is 5.04. The fraction of sp³-hybridized carbons (Fsp3) is 0.400. The summed E-state index contributed by atoms with van der Waals surface area (Å²) >= 11 is 0. The van der Waals surface area contributed by atoms with Crippen LogP contribution < -0.4 is 5.43 Å². The van der Waals surface area contributed by atoms with Crippen LogP contribution in [-0.4, -0.2) is 10.9 Å². The Hall–Kier alpha value is -0.892. The third-order valence-electron chi connectivity index (χ3n) is 2.62. The van der Waals surface area contributed by atoms with Crippen LogP contribution in [0, 0.1) is 0 Å². The molecular weight excluding hydrogens is 364 g/mol. The van der Waals surface area contributed by atoms with Gasteiger partial charge in [0.1, 0.15) is 0 Å². The zero-order chi connectivity index (χ0) is 10.1.